The van der Waals surface area contributed by atoms with Crippen molar-refractivity contribution in [2.45, 2.75) is 56.7 Å². The summed E-state index contributed by atoms with van der Waals surface area (Å²) < 4.78 is 6.95. The van der Waals surface area contributed by atoms with E-state index in [0.717, 1.165) is 37.9 Å². The fourth-order valence-corrected chi connectivity index (χ4v) is 7.83. The molecule has 1 N–H and O–H groups in total. The van der Waals surface area contributed by atoms with E-state index in [0.29, 0.717) is 18.0 Å². The summed E-state index contributed by atoms with van der Waals surface area (Å²) in [4.78, 5) is 2.55. The molecule has 5 aliphatic rings. The van der Waals surface area contributed by atoms with E-state index in [2.05, 4.69) is 120 Å². The lowest BCUT2D eigenvalue weighted by atomic mass is 9.70. The third-order valence-corrected chi connectivity index (χ3v) is 9.50. The van der Waals surface area contributed by atoms with Gasteiger partial charge in [-0.1, -0.05) is 78.9 Å². The highest BCUT2D eigenvalue weighted by Crippen LogP contribution is 2.52. The molecular weight excluding hydrogens is 476 g/mol. The minimum Gasteiger partial charge on any atom is -0.483 e. The van der Waals surface area contributed by atoms with Gasteiger partial charge in [0.25, 0.3) is 0 Å². The van der Waals surface area contributed by atoms with Crippen LogP contribution in [0.2, 0.25) is 0 Å². The first-order chi connectivity index (χ1) is 19.2. The fraction of sp³-hybridized carbons (Fsp3) is 0.278. The van der Waals surface area contributed by atoms with Gasteiger partial charge < -0.3 is 15.0 Å². The van der Waals surface area contributed by atoms with Crippen LogP contribution in [0, 0.1) is 5.92 Å². The summed E-state index contributed by atoms with van der Waals surface area (Å²) in [5.74, 6) is 1.44. The van der Waals surface area contributed by atoms with Crippen LogP contribution in [0.1, 0.15) is 39.0 Å². The molecule has 0 radical (unpaired) electrons. The normalized spacial score (nSPS) is 28.4. The topological polar surface area (TPSA) is 24.5 Å². The van der Waals surface area contributed by atoms with E-state index in [-0.39, 0.29) is 5.60 Å². The predicted molar refractivity (Wildman–Crippen MR) is 159 cm³/mol. The molecule has 3 heteroatoms. The van der Waals surface area contributed by atoms with Crippen molar-refractivity contribution in [3.63, 3.8) is 0 Å². The third-order valence-electron chi connectivity index (χ3n) is 9.50. The van der Waals surface area contributed by atoms with Crippen molar-refractivity contribution in [2.75, 3.05) is 4.90 Å². The molecule has 0 amide bonds. The summed E-state index contributed by atoms with van der Waals surface area (Å²) in [6, 6.07) is 29.0. The van der Waals surface area contributed by atoms with Gasteiger partial charge in [-0.15, -0.1) is 0 Å². The van der Waals surface area contributed by atoms with Crippen LogP contribution >= 0.6 is 0 Å². The Kier molecular flexibility index (Phi) is 5.16. The number of allylic oxidation sites excluding steroid dienone is 4. The Bertz CT molecular complexity index is 1680. The number of benzene rings is 3. The molecule has 3 nitrogen and oxygen atoms in total. The van der Waals surface area contributed by atoms with Crippen LogP contribution in [0.3, 0.4) is 0 Å². The highest BCUT2D eigenvalue weighted by atomic mass is 16.5. The molecule has 0 saturated heterocycles. The zero-order valence-electron chi connectivity index (χ0n) is 22.4. The fourth-order valence-electron chi connectivity index (χ4n) is 7.83. The van der Waals surface area contributed by atoms with Crippen molar-refractivity contribution in [2.24, 2.45) is 5.92 Å². The average Bonchev–Trinajstić information content (AvgIpc) is 3.22. The summed E-state index contributed by atoms with van der Waals surface area (Å²) in [7, 11) is 0. The number of anilines is 2. The molecule has 3 aliphatic carbocycles. The van der Waals surface area contributed by atoms with E-state index in [9.17, 15) is 0 Å². The second-order valence-corrected chi connectivity index (χ2v) is 11.8. The number of rotatable bonds is 2. The molecule has 3 aromatic rings. The van der Waals surface area contributed by atoms with Gasteiger partial charge in [0.1, 0.15) is 11.4 Å². The minimum absolute atomic E-state index is 0.284. The highest BCUT2D eigenvalue weighted by Gasteiger charge is 2.50. The SMILES string of the molecule is CC12CC(C3=CCC=CC4=C3NC3CC=c5ccccc5=C43)CCC1N(c1ccccc1)c1ccccc1O2. The van der Waals surface area contributed by atoms with Crippen molar-refractivity contribution < 1.29 is 4.74 Å². The summed E-state index contributed by atoms with van der Waals surface area (Å²) >= 11 is 0. The van der Waals surface area contributed by atoms with E-state index < -0.39 is 0 Å². The first kappa shape index (κ1) is 23.0. The molecule has 2 heterocycles. The zero-order chi connectivity index (χ0) is 26.0. The van der Waals surface area contributed by atoms with Gasteiger partial charge in [-0.2, -0.15) is 0 Å². The van der Waals surface area contributed by atoms with Crippen LogP contribution < -0.4 is 25.4 Å². The molecule has 2 aliphatic heterocycles. The maximum atomic E-state index is 6.95. The quantitative estimate of drug-likeness (QED) is 0.438. The molecule has 0 aromatic heterocycles. The predicted octanol–water partition coefficient (Wildman–Crippen LogP) is 6.29. The molecule has 0 bridgehead atoms. The Morgan fingerprint density at radius 1 is 0.897 bits per heavy atom. The number of hydrogen-bond acceptors (Lipinski definition) is 3. The first-order valence-electron chi connectivity index (χ1n) is 14.5. The Balaban J connectivity index is 1.19. The Labute approximate surface area is 230 Å². The molecular formula is C36H34N2O. The Hall–Kier alpha value is -3.98. The zero-order valence-corrected chi connectivity index (χ0v) is 22.4. The van der Waals surface area contributed by atoms with E-state index in [4.69, 9.17) is 4.74 Å². The third kappa shape index (κ3) is 3.56. The molecule has 1 fully saturated rings. The Morgan fingerprint density at radius 3 is 2.64 bits per heavy atom. The van der Waals surface area contributed by atoms with E-state index in [1.165, 1.54) is 44.2 Å². The first-order valence-corrected chi connectivity index (χ1v) is 14.5. The summed E-state index contributed by atoms with van der Waals surface area (Å²) in [5, 5.41) is 6.75. The monoisotopic (exact) mass is 510 g/mol. The lowest BCUT2D eigenvalue weighted by Gasteiger charge is -2.53. The van der Waals surface area contributed by atoms with Crippen LogP contribution in [0.4, 0.5) is 11.4 Å². The maximum Gasteiger partial charge on any atom is 0.143 e. The lowest BCUT2D eigenvalue weighted by Crippen LogP contribution is -2.59. The van der Waals surface area contributed by atoms with Crippen LogP contribution in [0.15, 0.2) is 114 Å². The van der Waals surface area contributed by atoms with Crippen LogP contribution in [0.5, 0.6) is 5.75 Å². The van der Waals surface area contributed by atoms with Crippen LogP contribution in [-0.2, 0) is 0 Å². The lowest BCUT2D eigenvalue weighted by molar-refractivity contribution is 0.00451. The van der Waals surface area contributed by atoms with Crippen molar-refractivity contribution in [3.05, 3.63) is 124 Å². The number of hydrogen-bond donors (Lipinski definition) is 1. The molecule has 8 rings (SSSR count). The average molecular weight is 511 g/mol. The number of nitrogens with zero attached hydrogens (tertiary/aromatic N) is 1. The van der Waals surface area contributed by atoms with Gasteiger partial charge in [-0.25, -0.2) is 0 Å². The molecule has 0 spiro atoms. The molecule has 3 aromatic carbocycles. The summed E-state index contributed by atoms with van der Waals surface area (Å²) in [5.41, 5.74) is 7.87. The number of fused-ring (bicyclic) bond motifs is 5. The summed E-state index contributed by atoms with van der Waals surface area (Å²) in [6.45, 7) is 2.35. The Morgan fingerprint density at radius 2 is 1.72 bits per heavy atom. The smallest absolute Gasteiger partial charge is 0.143 e. The molecule has 194 valence electrons. The highest BCUT2D eigenvalue weighted by molar-refractivity contribution is 5.81. The second kappa shape index (κ2) is 8.77. The van der Waals surface area contributed by atoms with E-state index in [1.807, 2.05) is 0 Å². The van der Waals surface area contributed by atoms with Crippen molar-refractivity contribution in [1.82, 2.24) is 5.32 Å². The van der Waals surface area contributed by atoms with Gasteiger partial charge in [-0.05, 0) is 90.8 Å². The van der Waals surface area contributed by atoms with Gasteiger partial charge in [0.05, 0.1) is 17.8 Å². The summed E-state index contributed by atoms with van der Waals surface area (Å²) in [6.07, 6.45) is 14.9. The number of ether oxygens (including phenoxy) is 1. The number of para-hydroxylation sites is 3. The van der Waals surface area contributed by atoms with Crippen LogP contribution in [-0.4, -0.2) is 17.7 Å². The molecule has 39 heavy (non-hydrogen) atoms. The van der Waals surface area contributed by atoms with Gasteiger partial charge in [-0.3, -0.25) is 0 Å². The molecule has 4 unspecified atom stereocenters. The van der Waals surface area contributed by atoms with Crippen LogP contribution in [0.25, 0.3) is 11.6 Å². The molecule has 4 atom stereocenters. The van der Waals surface area contributed by atoms with Crippen molar-refractivity contribution >= 4 is 23.0 Å². The second-order valence-electron chi connectivity index (χ2n) is 11.8. The minimum atomic E-state index is -0.284. The molecule has 1 saturated carbocycles. The largest absolute Gasteiger partial charge is 0.483 e. The van der Waals surface area contributed by atoms with Crippen molar-refractivity contribution in [3.8, 4) is 5.75 Å². The van der Waals surface area contributed by atoms with E-state index in [1.54, 1.807) is 0 Å². The van der Waals surface area contributed by atoms with Gasteiger partial charge in [0.15, 0.2) is 0 Å². The standard InChI is InChI=1S/C36H34N2O/c1-36-23-25(20-22-33(36)38(26-12-3-2-4-13-26)31-17-9-10-18-32(31)39-36)28-15-7-8-16-29-34-27-14-6-5-11-24(27)19-21-30(34)37-35(28)29/h2-6,8-19,25,30,33,37H,7,20-23H2,1H3. The van der Waals surface area contributed by atoms with Crippen molar-refractivity contribution in [1.29, 1.82) is 0 Å². The van der Waals surface area contributed by atoms with E-state index >= 15 is 0 Å². The number of nitrogens with one attached hydrogen (secondary N) is 1. The van der Waals surface area contributed by atoms with Gasteiger partial charge in [0.2, 0.25) is 0 Å². The van der Waals surface area contributed by atoms with Gasteiger partial charge in [0, 0.05) is 17.0 Å². The van der Waals surface area contributed by atoms with Gasteiger partial charge >= 0.3 is 0 Å². The maximum absolute atomic E-state index is 6.95.